The molecule has 2 amide bonds. The van der Waals surface area contributed by atoms with Gasteiger partial charge >= 0.3 is 0 Å². The van der Waals surface area contributed by atoms with Gasteiger partial charge in [0.2, 0.25) is 11.8 Å². The second-order valence-corrected chi connectivity index (χ2v) is 5.97. The molecule has 0 aromatic carbocycles. The van der Waals surface area contributed by atoms with Crippen LogP contribution in [0.15, 0.2) is 0 Å². The number of carbonyl (C=O) groups excluding carboxylic acids is 2. The molecule has 0 bridgehead atoms. The molecule has 2 rings (SSSR count). The van der Waals surface area contributed by atoms with Crippen LogP contribution >= 0.6 is 0 Å². The van der Waals surface area contributed by atoms with E-state index in [1.165, 1.54) is 21.0 Å². The van der Waals surface area contributed by atoms with Gasteiger partial charge in [-0.3, -0.25) is 9.59 Å². The van der Waals surface area contributed by atoms with Gasteiger partial charge in [0, 0.05) is 14.0 Å². The van der Waals surface area contributed by atoms with Gasteiger partial charge in [-0.25, -0.2) is 0 Å². The minimum Gasteiger partial charge on any atom is -0.368 e. The van der Waals surface area contributed by atoms with Crippen molar-refractivity contribution in [1.29, 1.82) is 0 Å². The Morgan fingerprint density at radius 3 is 2.33 bits per heavy atom. The lowest BCUT2D eigenvalue weighted by Crippen LogP contribution is -2.65. The van der Waals surface area contributed by atoms with Gasteiger partial charge in [0.25, 0.3) is 0 Å². The number of primary amides is 1. The fourth-order valence-electron chi connectivity index (χ4n) is 2.85. The standard InChI is InChI=1S/C13H22N2O6/c1-6(16)15-13(4,11(14)17)9-7-8(10(18-5)19-9)21-12(2,3)20-7/h7-10H,1-5H3,(H2,14,17)(H,15,16)/t7-,8+,9+,10+,13-/m1/s1. The number of amides is 2. The summed E-state index contributed by atoms with van der Waals surface area (Å²) in [5.41, 5.74) is 4.04. The lowest BCUT2D eigenvalue weighted by atomic mass is 9.89. The predicted octanol–water partition coefficient (Wildman–Crippen LogP) is -0.742. The van der Waals surface area contributed by atoms with Crippen molar-refractivity contribution in [3.63, 3.8) is 0 Å². The van der Waals surface area contributed by atoms with Crippen LogP contribution in [0.2, 0.25) is 0 Å². The molecule has 21 heavy (non-hydrogen) atoms. The average molecular weight is 302 g/mol. The van der Waals surface area contributed by atoms with Crippen LogP contribution in [0, 0.1) is 0 Å². The largest absolute Gasteiger partial charge is 0.368 e. The van der Waals surface area contributed by atoms with Crippen molar-refractivity contribution in [2.75, 3.05) is 7.11 Å². The lowest BCUT2D eigenvalue weighted by molar-refractivity contribution is -0.234. The van der Waals surface area contributed by atoms with E-state index in [1.807, 2.05) is 0 Å². The molecular formula is C13H22N2O6. The first-order valence-corrected chi connectivity index (χ1v) is 6.73. The molecule has 2 aliphatic rings. The number of nitrogens with one attached hydrogen (secondary N) is 1. The van der Waals surface area contributed by atoms with Crippen LogP contribution in [0.25, 0.3) is 0 Å². The fraction of sp³-hybridized carbons (Fsp3) is 0.846. The average Bonchev–Trinajstić information content (AvgIpc) is 2.80. The van der Waals surface area contributed by atoms with E-state index >= 15 is 0 Å². The number of methoxy groups -OCH3 is 1. The van der Waals surface area contributed by atoms with Crippen molar-refractivity contribution in [2.45, 2.75) is 63.6 Å². The van der Waals surface area contributed by atoms with Gasteiger partial charge in [-0.05, 0) is 20.8 Å². The third-order valence-electron chi connectivity index (χ3n) is 3.76. The quantitative estimate of drug-likeness (QED) is 0.708. The lowest BCUT2D eigenvalue weighted by Gasteiger charge is -2.35. The third kappa shape index (κ3) is 2.76. The summed E-state index contributed by atoms with van der Waals surface area (Å²) in [6.45, 7) is 6.33. The number of carbonyl (C=O) groups is 2. The van der Waals surface area contributed by atoms with Crippen LogP contribution in [0.3, 0.4) is 0 Å². The fourth-order valence-corrected chi connectivity index (χ4v) is 2.85. The molecule has 0 unspecified atom stereocenters. The highest BCUT2D eigenvalue weighted by molar-refractivity contribution is 5.90. The van der Waals surface area contributed by atoms with Gasteiger partial charge in [0.15, 0.2) is 12.1 Å². The molecule has 0 aromatic heterocycles. The van der Waals surface area contributed by atoms with E-state index < -0.39 is 47.7 Å². The first kappa shape index (κ1) is 16.2. The maximum atomic E-state index is 11.9. The Balaban J connectivity index is 2.33. The minimum absolute atomic E-state index is 0.393. The number of hydrogen-bond donors (Lipinski definition) is 2. The van der Waals surface area contributed by atoms with Crippen LogP contribution in [-0.2, 0) is 28.5 Å². The smallest absolute Gasteiger partial charge is 0.245 e. The number of rotatable bonds is 4. The number of ether oxygens (including phenoxy) is 4. The van der Waals surface area contributed by atoms with Crippen LogP contribution < -0.4 is 11.1 Å². The maximum Gasteiger partial charge on any atom is 0.245 e. The van der Waals surface area contributed by atoms with Crippen molar-refractivity contribution in [3.8, 4) is 0 Å². The monoisotopic (exact) mass is 302 g/mol. The Morgan fingerprint density at radius 1 is 1.29 bits per heavy atom. The highest BCUT2D eigenvalue weighted by atomic mass is 16.8. The molecule has 2 heterocycles. The summed E-state index contributed by atoms with van der Waals surface area (Å²) in [6.07, 6.45) is -2.58. The summed E-state index contributed by atoms with van der Waals surface area (Å²) >= 11 is 0. The van der Waals surface area contributed by atoms with Crippen molar-refractivity contribution < 1.29 is 28.5 Å². The summed E-state index contributed by atoms with van der Waals surface area (Å²) in [7, 11) is 1.47. The Morgan fingerprint density at radius 2 is 1.86 bits per heavy atom. The van der Waals surface area contributed by atoms with Crippen LogP contribution in [0.4, 0.5) is 0 Å². The van der Waals surface area contributed by atoms with Crippen LogP contribution in [0.1, 0.15) is 27.7 Å². The summed E-state index contributed by atoms with van der Waals surface area (Å²) in [5, 5.41) is 2.55. The van der Waals surface area contributed by atoms with Gasteiger partial charge in [-0.2, -0.15) is 0 Å². The molecule has 0 saturated carbocycles. The number of fused-ring (bicyclic) bond motifs is 1. The zero-order valence-corrected chi connectivity index (χ0v) is 12.8. The number of hydrogen-bond acceptors (Lipinski definition) is 6. The van der Waals surface area contributed by atoms with Crippen LogP contribution in [-0.4, -0.2) is 54.9 Å². The van der Waals surface area contributed by atoms with E-state index in [0.29, 0.717) is 0 Å². The Bertz CT molecular complexity index is 454. The molecule has 0 spiro atoms. The zero-order valence-electron chi connectivity index (χ0n) is 12.8. The summed E-state index contributed by atoms with van der Waals surface area (Å²) in [6, 6.07) is 0. The molecular weight excluding hydrogens is 280 g/mol. The topological polar surface area (TPSA) is 109 Å². The van der Waals surface area contributed by atoms with Crippen molar-refractivity contribution in [3.05, 3.63) is 0 Å². The highest BCUT2D eigenvalue weighted by Crippen LogP contribution is 2.42. The molecule has 3 N–H and O–H groups in total. The van der Waals surface area contributed by atoms with E-state index in [2.05, 4.69) is 5.32 Å². The molecule has 2 fully saturated rings. The second-order valence-electron chi connectivity index (χ2n) is 5.97. The van der Waals surface area contributed by atoms with Crippen molar-refractivity contribution >= 4 is 11.8 Å². The molecule has 5 atom stereocenters. The summed E-state index contributed by atoms with van der Waals surface area (Å²) in [5.74, 6) is -1.94. The normalized spacial score (nSPS) is 36.8. The van der Waals surface area contributed by atoms with Crippen molar-refractivity contribution in [2.24, 2.45) is 5.73 Å². The van der Waals surface area contributed by atoms with E-state index in [0.717, 1.165) is 0 Å². The number of nitrogens with two attached hydrogens (primary N) is 1. The molecule has 2 saturated heterocycles. The van der Waals surface area contributed by atoms with Gasteiger partial charge in [-0.15, -0.1) is 0 Å². The molecule has 2 aliphatic heterocycles. The first-order chi connectivity index (χ1) is 9.60. The first-order valence-electron chi connectivity index (χ1n) is 6.73. The SMILES string of the molecule is CO[C@H]1O[C@H]([C@@](C)(NC(C)=O)C(N)=O)[C@@H]2OC(C)(C)O[C@H]12. The molecule has 8 heteroatoms. The van der Waals surface area contributed by atoms with Crippen LogP contribution in [0.5, 0.6) is 0 Å². The van der Waals surface area contributed by atoms with E-state index in [-0.39, 0.29) is 0 Å². The van der Waals surface area contributed by atoms with Gasteiger partial charge < -0.3 is 30.0 Å². The molecule has 0 radical (unpaired) electrons. The highest BCUT2D eigenvalue weighted by Gasteiger charge is 2.62. The van der Waals surface area contributed by atoms with Gasteiger partial charge in [0.05, 0.1) is 0 Å². The molecule has 0 aliphatic carbocycles. The Kier molecular flexibility index (Phi) is 4.00. The van der Waals surface area contributed by atoms with Crippen molar-refractivity contribution in [1.82, 2.24) is 5.32 Å². The zero-order chi connectivity index (χ0) is 16.0. The summed E-state index contributed by atoms with van der Waals surface area (Å²) < 4.78 is 22.5. The van der Waals surface area contributed by atoms with E-state index in [9.17, 15) is 9.59 Å². The van der Waals surface area contributed by atoms with Gasteiger partial charge in [-0.1, -0.05) is 0 Å². The Hall–Kier alpha value is -1.22. The third-order valence-corrected chi connectivity index (χ3v) is 3.76. The predicted molar refractivity (Wildman–Crippen MR) is 70.9 cm³/mol. The summed E-state index contributed by atoms with van der Waals surface area (Å²) in [4.78, 5) is 23.3. The molecule has 0 aromatic rings. The molecule has 8 nitrogen and oxygen atoms in total. The molecule has 120 valence electrons. The van der Waals surface area contributed by atoms with E-state index in [4.69, 9.17) is 24.7 Å². The maximum absolute atomic E-state index is 11.9. The van der Waals surface area contributed by atoms with E-state index in [1.54, 1.807) is 13.8 Å². The second kappa shape index (κ2) is 5.20. The Labute approximate surface area is 123 Å². The van der Waals surface area contributed by atoms with Gasteiger partial charge in [0.1, 0.15) is 23.9 Å². The minimum atomic E-state index is -1.42.